The molecule has 0 saturated carbocycles. The van der Waals surface area contributed by atoms with Crippen molar-refractivity contribution in [3.05, 3.63) is 0 Å². The molecule has 0 radical (unpaired) electrons. The normalized spacial score (nSPS) is 9.82. The molecule has 0 bridgehead atoms. The van der Waals surface area contributed by atoms with Crippen molar-refractivity contribution in [2.24, 2.45) is 0 Å². The minimum absolute atomic E-state index is 0.208. The van der Waals surface area contributed by atoms with Gasteiger partial charge < -0.3 is 24.5 Å². The highest BCUT2D eigenvalue weighted by Crippen LogP contribution is 2.25. The average Bonchev–Trinajstić information content (AvgIpc) is 1.58. The van der Waals surface area contributed by atoms with Gasteiger partial charge in [-0.1, -0.05) is 0 Å². The van der Waals surface area contributed by atoms with Gasteiger partial charge in [0.2, 0.25) is 0 Å². The highest BCUT2D eigenvalue weighted by atomic mass is 31.2. The van der Waals surface area contributed by atoms with Crippen LogP contribution in [0.25, 0.3) is 0 Å². The lowest BCUT2D eigenvalue weighted by atomic mass is 10.8. The summed E-state index contributed by atoms with van der Waals surface area (Å²) in [7, 11) is -3.30. The lowest BCUT2D eigenvalue weighted by Crippen LogP contribution is -2.02. The van der Waals surface area contributed by atoms with Crippen LogP contribution in [-0.4, -0.2) is 39.5 Å². The molecule has 0 aliphatic carbocycles. The molecule has 0 atom stereocenters. The molecule has 0 fully saturated rings. The van der Waals surface area contributed by atoms with Crippen LogP contribution in [0.5, 0.6) is 0 Å². The Bertz CT molecular complexity index is 140. The molecule has 0 spiro atoms. The molecule has 8 heteroatoms. The first-order valence-electron chi connectivity index (χ1n) is 2.26. The summed E-state index contributed by atoms with van der Waals surface area (Å²) in [5.74, 6) is -0.933. The second kappa shape index (κ2) is 6.26. The van der Waals surface area contributed by atoms with Gasteiger partial charge in [0.05, 0.1) is 0 Å². The van der Waals surface area contributed by atoms with Crippen molar-refractivity contribution in [2.75, 3.05) is 13.7 Å². The molecule has 0 heterocycles. The van der Waals surface area contributed by atoms with E-state index in [-0.39, 0.29) is 6.61 Å². The molecular weight excluding hydrogens is 179 g/mol. The van der Waals surface area contributed by atoms with Crippen LogP contribution in [0.1, 0.15) is 0 Å². The monoisotopic (exact) mass is 188 g/mol. The molecule has 0 saturated heterocycles. The Kier molecular flexibility index (Phi) is 7.49. The number of carboxylic acid groups (broad SMARTS) is 1. The second-order valence-corrected chi connectivity index (χ2v) is 2.37. The van der Waals surface area contributed by atoms with Crippen LogP contribution in [0.3, 0.4) is 0 Å². The van der Waals surface area contributed by atoms with Crippen LogP contribution in [0.4, 0.5) is 0 Å². The summed E-state index contributed by atoms with van der Waals surface area (Å²) in [6.45, 7) is -0.208. The van der Waals surface area contributed by atoms with Gasteiger partial charge in [-0.3, -0.25) is 0 Å². The molecular formula is C3H9O7P. The number of hydrogen-bond acceptors (Lipinski definition) is 3. The van der Waals surface area contributed by atoms with E-state index in [0.29, 0.717) is 0 Å². The minimum atomic E-state index is -4.64. The number of ether oxygens (including phenoxy) is 1. The summed E-state index contributed by atoms with van der Waals surface area (Å²) in [4.78, 5) is 31.0. The summed E-state index contributed by atoms with van der Waals surface area (Å²) in [6.07, 6.45) is 0. The first-order chi connectivity index (χ1) is 4.77. The Morgan fingerprint density at radius 2 is 1.73 bits per heavy atom. The number of rotatable bonds is 2. The third kappa shape index (κ3) is 84.1. The zero-order chi connectivity index (χ0) is 9.49. The SMILES string of the molecule is COCC(=O)O.O=P(O)(O)O. The van der Waals surface area contributed by atoms with E-state index in [1.54, 1.807) is 0 Å². The largest absolute Gasteiger partial charge is 0.480 e. The molecule has 0 aromatic rings. The number of methoxy groups -OCH3 is 1. The van der Waals surface area contributed by atoms with E-state index in [4.69, 9.17) is 24.4 Å². The standard InChI is InChI=1S/C3H6O3.H3O4P/c1-6-2-3(4)5;1-5(2,3)4/h2H2,1H3,(H,4,5);(H3,1,2,3,4). The Hall–Kier alpha value is -0.460. The zero-order valence-electron chi connectivity index (χ0n) is 5.67. The van der Waals surface area contributed by atoms with Crippen molar-refractivity contribution >= 4 is 13.8 Å². The molecule has 0 rings (SSSR count). The molecule has 0 aliphatic heterocycles. The topological polar surface area (TPSA) is 124 Å². The summed E-state index contributed by atoms with van der Waals surface area (Å²) in [6, 6.07) is 0. The van der Waals surface area contributed by atoms with Gasteiger partial charge in [0.1, 0.15) is 6.61 Å². The van der Waals surface area contributed by atoms with Crippen LogP contribution in [0.15, 0.2) is 0 Å². The maximum atomic E-state index is 9.47. The van der Waals surface area contributed by atoms with Gasteiger partial charge in [-0.05, 0) is 0 Å². The van der Waals surface area contributed by atoms with E-state index in [1.165, 1.54) is 7.11 Å². The van der Waals surface area contributed by atoms with E-state index in [1.807, 2.05) is 0 Å². The lowest BCUT2D eigenvalue weighted by Gasteiger charge is -1.83. The van der Waals surface area contributed by atoms with Gasteiger partial charge >= 0.3 is 13.8 Å². The van der Waals surface area contributed by atoms with Crippen LogP contribution in [0, 0.1) is 0 Å². The van der Waals surface area contributed by atoms with Crippen molar-refractivity contribution in [3.8, 4) is 0 Å². The van der Waals surface area contributed by atoms with Crippen LogP contribution < -0.4 is 0 Å². The smallest absolute Gasteiger partial charge is 0.466 e. The fourth-order valence-corrected chi connectivity index (χ4v) is 0.123. The Morgan fingerprint density at radius 1 is 1.45 bits per heavy atom. The predicted octanol–water partition coefficient (Wildman–Crippen LogP) is -1.21. The Labute approximate surface area is 62.5 Å². The van der Waals surface area contributed by atoms with Crippen molar-refractivity contribution in [1.82, 2.24) is 0 Å². The maximum absolute atomic E-state index is 9.47. The molecule has 0 aliphatic rings. The number of carboxylic acids is 1. The van der Waals surface area contributed by atoms with Gasteiger partial charge in [0.25, 0.3) is 0 Å². The molecule has 0 unspecified atom stereocenters. The summed E-state index contributed by atoms with van der Waals surface area (Å²) in [5, 5.41) is 7.79. The number of hydrogen-bond donors (Lipinski definition) is 4. The lowest BCUT2D eigenvalue weighted by molar-refractivity contribution is -0.141. The van der Waals surface area contributed by atoms with Gasteiger partial charge in [-0.25, -0.2) is 9.36 Å². The highest BCUT2D eigenvalue weighted by molar-refractivity contribution is 7.45. The summed E-state index contributed by atoms with van der Waals surface area (Å²) >= 11 is 0. The maximum Gasteiger partial charge on any atom is 0.466 e. The third-order valence-electron chi connectivity index (χ3n) is 0.268. The van der Waals surface area contributed by atoms with Gasteiger partial charge in [0.15, 0.2) is 0 Å². The summed E-state index contributed by atoms with van der Waals surface area (Å²) in [5.41, 5.74) is 0. The van der Waals surface area contributed by atoms with E-state index in [9.17, 15) is 4.79 Å². The van der Waals surface area contributed by atoms with Crippen LogP contribution in [0.2, 0.25) is 0 Å². The third-order valence-corrected chi connectivity index (χ3v) is 0.268. The minimum Gasteiger partial charge on any atom is -0.480 e. The van der Waals surface area contributed by atoms with Crippen molar-refractivity contribution in [3.63, 3.8) is 0 Å². The van der Waals surface area contributed by atoms with Crippen LogP contribution in [-0.2, 0) is 14.1 Å². The number of aliphatic carboxylic acids is 1. The molecule has 68 valence electrons. The average molecular weight is 188 g/mol. The summed E-state index contributed by atoms with van der Waals surface area (Å²) < 4.78 is 13.1. The molecule has 0 aromatic carbocycles. The van der Waals surface area contributed by atoms with E-state index >= 15 is 0 Å². The van der Waals surface area contributed by atoms with Crippen LogP contribution >= 0.6 is 7.82 Å². The molecule has 0 amide bonds. The first kappa shape index (κ1) is 13.2. The Morgan fingerprint density at radius 3 is 1.73 bits per heavy atom. The van der Waals surface area contributed by atoms with Gasteiger partial charge in [0, 0.05) is 7.11 Å². The van der Waals surface area contributed by atoms with E-state index < -0.39 is 13.8 Å². The van der Waals surface area contributed by atoms with E-state index in [2.05, 4.69) is 4.74 Å². The highest BCUT2D eigenvalue weighted by Gasteiger charge is 2.00. The number of phosphoric acid groups is 1. The quantitative estimate of drug-likeness (QED) is 0.400. The first-order valence-corrected chi connectivity index (χ1v) is 3.83. The van der Waals surface area contributed by atoms with Crippen molar-refractivity contribution in [2.45, 2.75) is 0 Å². The zero-order valence-corrected chi connectivity index (χ0v) is 6.56. The Balaban J connectivity index is 0. The molecule has 11 heavy (non-hydrogen) atoms. The second-order valence-electron chi connectivity index (χ2n) is 1.34. The fraction of sp³-hybridized carbons (Fsp3) is 0.667. The predicted molar refractivity (Wildman–Crippen MR) is 33.8 cm³/mol. The fourth-order valence-electron chi connectivity index (χ4n) is 0.123. The molecule has 4 N–H and O–H groups in total. The van der Waals surface area contributed by atoms with Crippen molar-refractivity contribution in [1.29, 1.82) is 0 Å². The van der Waals surface area contributed by atoms with E-state index in [0.717, 1.165) is 0 Å². The van der Waals surface area contributed by atoms with Gasteiger partial charge in [-0.15, -0.1) is 0 Å². The molecule has 7 nitrogen and oxygen atoms in total. The van der Waals surface area contributed by atoms with Crippen molar-refractivity contribution < 1.29 is 33.9 Å². The van der Waals surface area contributed by atoms with Gasteiger partial charge in [-0.2, -0.15) is 0 Å². The molecule has 0 aromatic heterocycles. The number of carbonyl (C=O) groups is 1.